The first-order chi connectivity index (χ1) is 19.0. The Morgan fingerprint density at radius 3 is 2.60 bits per heavy atom. The fraction of sp³-hybridized carbons (Fsp3) is 0.448. The Morgan fingerprint density at radius 1 is 1.15 bits per heavy atom. The summed E-state index contributed by atoms with van der Waals surface area (Å²) < 4.78 is 35.1. The fourth-order valence-corrected chi connectivity index (χ4v) is 5.69. The van der Waals surface area contributed by atoms with Crippen LogP contribution in [-0.2, 0) is 11.8 Å². The lowest BCUT2D eigenvalue weighted by atomic mass is 9.94. The number of carbonyl (C=O) groups excluding carboxylic acids is 1. The van der Waals surface area contributed by atoms with Gasteiger partial charge in [-0.05, 0) is 57.5 Å². The molecular weight excluding hydrogens is 518 g/mol. The van der Waals surface area contributed by atoms with Gasteiger partial charge in [-0.25, -0.2) is 23.5 Å². The molecule has 0 spiro atoms. The second-order valence-electron chi connectivity index (χ2n) is 11.7. The summed E-state index contributed by atoms with van der Waals surface area (Å²) in [5, 5.41) is 15.2. The number of aromatic hydroxyl groups is 1. The van der Waals surface area contributed by atoms with Crippen LogP contribution in [0.2, 0.25) is 0 Å². The third-order valence-corrected chi connectivity index (χ3v) is 7.71. The fourth-order valence-electron chi connectivity index (χ4n) is 5.69. The molecular formula is C29H32F2N6O3. The number of phenolic OH excluding ortho intramolecular Hbond substituents is 1. The molecule has 0 radical (unpaired) electrons. The summed E-state index contributed by atoms with van der Waals surface area (Å²) in [6.45, 7) is 7.22. The van der Waals surface area contributed by atoms with Crippen molar-refractivity contribution < 1.29 is 23.4 Å². The van der Waals surface area contributed by atoms with Crippen molar-refractivity contribution in [3.63, 3.8) is 0 Å². The summed E-state index contributed by atoms with van der Waals surface area (Å²) >= 11 is 0. The maximum Gasteiger partial charge on any atom is 0.410 e. The molecule has 1 aliphatic heterocycles. The van der Waals surface area contributed by atoms with Crippen LogP contribution < -0.4 is 4.90 Å². The number of hydrogen-bond acceptors (Lipinski definition) is 7. The van der Waals surface area contributed by atoms with Gasteiger partial charge in [-0.1, -0.05) is 0 Å². The SMILES string of the molecule is Cn1cc2cc(-c3ccc4nc(N5CCC(N(C(=O)OC6CC(F)C6)C(C)(C)C)C5)ccc4n3)c(O)c(F)c2n1. The smallest absolute Gasteiger partial charge is 0.410 e. The van der Waals surface area contributed by atoms with Gasteiger partial charge >= 0.3 is 6.09 Å². The molecule has 1 aliphatic carbocycles. The number of halogens is 2. The maximum absolute atomic E-state index is 14.8. The van der Waals surface area contributed by atoms with Gasteiger partial charge < -0.3 is 14.7 Å². The molecule has 2 aliphatic rings. The van der Waals surface area contributed by atoms with Crippen molar-refractivity contribution in [2.75, 3.05) is 18.0 Å². The molecule has 210 valence electrons. The van der Waals surface area contributed by atoms with E-state index in [0.29, 0.717) is 35.2 Å². The van der Waals surface area contributed by atoms with Gasteiger partial charge in [0.15, 0.2) is 11.6 Å². The van der Waals surface area contributed by atoms with Crippen LogP contribution in [0.5, 0.6) is 5.75 Å². The summed E-state index contributed by atoms with van der Waals surface area (Å²) in [4.78, 5) is 26.4. The number of nitrogens with zero attached hydrogens (tertiary/aromatic N) is 6. The van der Waals surface area contributed by atoms with Gasteiger partial charge in [0.1, 0.15) is 23.6 Å². The van der Waals surface area contributed by atoms with Gasteiger partial charge in [-0.3, -0.25) is 9.58 Å². The van der Waals surface area contributed by atoms with Crippen molar-refractivity contribution in [3.8, 4) is 17.0 Å². The second kappa shape index (κ2) is 9.57. The van der Waals surface area contributed by atoms with Crippen LogP contribution in [0.4, 0.5) is 19.4 Å². The number of carbonyl (C=O) groups is 1. The third kappa shape index (κ3) is 4.67. The highest BCUT2D eigenvalue weighted by atomic mass is 19.1. The normalized spacial score (nSPS) is 21.1. The number of phenols is 1. The Labute approximate surface area is 230 Å². The Balaban J connectivity index is 1.22. The average Bonchev–Trinajstić information content (AvgIpc) is 3.50. The zero-order chi connectivity index (χ0) is 28.3. The molecule has 1 unspecified atom stereocenters. The second-order valence-corrected chi connectivity index (χ2v) is 11.7. The van der Waals surface area contributed by atoms with E-state index in [-0.39, 0.29) is 36.1 Å². The molecule has 1 atom stereocenters. The van der Waals surface area contributed by atoms with E-state index in [1.807, 2.05) is 32.9 Å². The van der Waals surface area contributed by atoms with Gasteiger partial charge in [0, 0.05) is 55.7 Å². The van der Waals surface area contributed by atoms with Crippen LogP contribution in [0.15, 0.2) is 36.5 Å². The number of rotatable bonds is 4. The molecule has 9 nitrogen and oxygen atoms in total. The number of aromatic nitrogens is 4. The molecule has 1 saturated heterocycles. The van der Waals surface area contributed by atoms with Crippen molar-refractivity contribution in [1.29, 1.82) is 0 Å². The van der Waals surface area contributed by atoms with Crippen LogP contribution in [0.3, 0.4) is 0 Å². The molecule has 1 saturated carbocycles. The summed E-state index contributed by atoms with van der Waals surface area (Å²) in [6, 6.07) is 8.84. The monoisotopic (exact) mass is 550 g/mol. The summed E-state index contributed by atoms with van der Waals surface area (Å²) in [6.07, 6.45) is 1.34. The number of fused-ring (bicyclic) bond motifs is 2. The van der Waals surface area contributed by atoms with Gasteiger partial charge in [0.25, 0.3) is 0 Å². The number of aryl methyl sites for hydroxylation is 1. The first kappa shape index (κ1) is 26.2. The Morgan fingerprint density at radius 2 is 1.88 bits per heavy atom. The molecule has 1 amide bonds. The Kier molecular flexibility index (Phi) is 6.27. The van der Waals surface area contributed by atoms with Crippen molar-refractivity contribution in [2.45, 2.75) is 63.9 Å². The lowest BCUT2D eigenvalue weighted by Crippen LogP contribution is -2.54. The van der Waals surface area contributed by atoms with Gasteiger partial charge in [-0.15, -0.1) is 0 Å². The number of alkyl halides is 1. The van der Waals surface area contributed by atoms with Gasteiger partial charge in [0.2, 0.25) is 0 Å². The number of benzene rings is 1. The molecule has 2 fully saturated rings. The number of pyridine rings is 2. The molecule has 6 rings (SSSR count). The maximum atomic E-state index is 14.8. The van der Waals surface area contributed by atoms with E-state index in [1.165, 1.54) is 4.68 Å². The van der Waals surface area contributed by atoms with E-state index in [4.69, 9.17) is 9.72 Å². The van der Waals surface area contributed by atoms with E-state index >= 15 is 0 Å². The Bertz CT molecular complexity index is 1610. The molecule has 0 bridgehead atoms. The first-order valence-electron chi connectivity index (χ1n) is 13.5. The largest absolute Gasteiger partial charge is 0.504 e. The highest BCUT2D eigenvalue weighted by Gasteiger charge is 2.41. The van der Waals surface area contributed by atoms with Crippen LogP contribution in [0.25, 0.3) is 33.2 Å². The molecule has 3 aromatic heterocycles. The zero-order valence-electron chi connectivity index (χ0n) is 22.9. The van der Waals surface area contributed by atoms with Crippen molar-refractivity contribution in [3.05, 3.63) is 42.3 Å². The lowest BCUT2D eigenvalue weighted by Gasteiger charge is -2.41. The van der Waals surface area contributed by atoms with E-state index in [1.54, 1.807) is 36.3 Å². The number of amides is 1. The van der Waals surface area contributed by atoms with E-state index < -0.39 is 29.4 Å². The van der Waals surface area contributed by atoms with Crippen LogP contribution in [0.1, 0.15) is 40.0 Å². The highest BCUT2D eigenvalue weighted by molar-refractivity contribution is 5.89. The summed E-state index contributed by atoms with van der Waals surface area (Å²) in [7, 11) is 1.69. The molecule has 4 aromatic rings. The van der Waals surface area contributed by atoms with Crippen molar-refractivity contribution in [1.82, 2.24) is 24.6 Å². The average molecular weight is 551 g/mol. The van der Waals surface area contributed by atoms with E-state index in [9.17, 15) is 18.7 Å². The van der Waals surface area contributed by atoms with E-state index in [2.05, 4.69) is 15.0 Å². The van der Waals surface area contributed by atoms with Crippen LogP contribution >= 0.6 is 0 Å². The van der Waals surface area contributed by atoms with Crippen molar-refractivity contribution in [2.24, 2.45) is 7.05 Å². The Hall–Kier alpha value is -4.02. The zero-order valence-corrected chi connectivity index (χ0v) is 22.9. The molecule has 1 N–H and O–H groups in total. The van der Waals surface area contributed by atoms with E-state index in [0.717, 1.165) is 12.2 Å². The molecule has 1 aromatic carbocycles. The van der Waals surface area contributed by atoms with Crippen LogP contribution in [0, 0.1) is 5.82 Å². The summed E-state index contributed by atoms with van der Waals surface area (Å²) in [5.74, 6) is -0.509. The minimum Gasteiger partial charge on any atom is -0.504 e. The van der Waals surface area contributed by atoms with Gasteiger partial charge in [0.05, 0.1) is 22.8 Å². The molecule has 4 heterocycles. The minimum absolute atomic E-state index is 0.0768. The number of ether oxygens (including phenoxy) is 1. The lowest BCUT2D eigenvalue weighted by molar-refractivity contribution is -0.0302. The molecule has 40 heavy (non-hydrogen) atoms. The first-order valence-corrected chi connectivity index (χ1v) is 13.5. The third-order valence-electron chi connectivity index (χ3n) is 7.71. The molecule has 11 heteroatoms. The topological polar surface area (TPSA) is 96.6 Å². The number of anilines is 1. The quantitative estimate of drug-likeness (QED) is 0.366. The summed E-state index contributed by atoms with van der Waals surface area (Å²) in [5.41, 5.74) is 1.62. The standard InChI is InChI=1S/C29H32F2N6O3/c1-29(2,3)37(28(39)40-19-12-17(30)13-19)18-9-10-36(15-18)24-8-7-22-23(33-24)6-5-21(32-22)20-11-16-14-35(4)34-26(16)25(31)27(20)38/h5-8,11,14,17-19,38H,9-10,12-13,15H2,1-4H3. The predicted molar refractivity (Wildman–Crippen MR) is 147 cm³/mol. The minimum atomic E-state index is -0.885. The van der Waals surface area contributed by atoms with Crippen LogP contribution in [-0.4, -0.2) is 72.8 Å². The van der Waals surface area contributed by atoms with Crippen molar-refractivity contribution >= 4 is 33.8 Å². The predicted octanol–water partition coefficient (Wildman–Crippen LogP) is 5.34. The van der Waals surface area contributed by atoms with Gasteiger partial charge in [-0.2, -0.15) is 5.10 Å². The highest BCUT2D eigenvalue weighted by Crippen LogP contribution is 2.36. The number of hydrogen-bond donors (Lipinski definition) is 1.